The van der Waals surface area contributed by atoms with Crippen LogP contribution in [0.3, 0.4) is 0 Å². The summed E-state index contributed by atoms with van der Waals surface area (Å²) in [7, 11) is 0. The molecule has 3 aromatic carbocycles. The molecule has 2 atom stereocenters. The number of anilines is 1. The maximum absolute atomic E-state index is 14.2. The van der Waals surface area contributed by atoms with E-state index in [-0.39, 0.29) is 24.8 Å². The molecule has 9 nitrogen and oxygen atoms in total. The van der Waals surface area contributed by atoms with E-state index in [0.29, 0.717) is 24.1 Å². The van der Waals surface area contributed by atoms with Crippen molar-refractivity contribution >= 4 is 40.3 Å². The van der Waals surface area contributed by atoms with Gasteiger partial charge in [-0.3, -0.25) is 14.4 Å². The first-order valence-corrected chi connectivity index (χ1v) is 13.9. The Morgan fingerprint density at radius 2 is 1.63 bits per heavy atom. The Balaban J connectivity index is 1.70. The number of nitrogens with two attached hydrogens (primary N) is 1. The van der Waals surface area contributed by atoms with Crippen molar-refractivity contribution in [1.82, 2.24) is 10.2 Å². The molecule has 9 heteroatoms. The number of ether oxygens (including phenoxy) is 1. The van der Waals surface area contributed by atoms with Crippen molar-refractivity contribution in [2.75, 3.05) is 5.32 Å². The molecule has 1 aliphatic carbocycles. The number of fused-ring (bicyclic) bond motifs is 1. The summed E-state index contributed by atoms with van der Waals surface area (Å²) in [6.07, 6.45) is 0.495. The van der Waals surface area contributed by atoms with Crippen LogP contribution in [0.15, 0.2) is 66.7 Å². The molecule has 2 unspecified atom stereocenters. The molecule has 4 amide bonds. The van der Waals surface area contributed by atoms with Gasteiger partial charge in [0, 0.05) is 18.2 Å². The van der Waals surface area contributed by atoms with Crippen molar-refractivity contribution in [3.8, 4) is 0 Å². The predicted molar refractivity (Wildman–Crippen MR) is 158 cm³/mol. The fourth-order valence-electron chi connectivity index (χ4n) is 4.83. The van der Waals surface area contributed by atoms with E-state index in [4.69, 9.17) is 10.5 Å². The Kier molecular flexibility index (Phi) is 8.95. The summed E-state index contributed by atoms with van der Waals surface area (Å²) < 4.78 is 5.39. The van der Waals surface area contributed by atoms with Gasteiger partial charge in [0.05, 0.1) is 0 Å². The van der Waals surface area contributed by atoms with Crippen LogP contribution in [-0.2, 0) is 19.1 Å². The molecule has 0 spiro atoms. The first-order valence-electron chi connectivity index (χ1n) is 13.9. The number of primary amides is 1. The number of amides is 4. The fourth-order valence-corrected chi connectivity index (χ4v) is 4.83. The summed E-state index contributed by atoms with van der Waals surface area (Å²) in [6.45, 7) is 7.04. The molecule has 0 bridgehead atoms. The van der Waals surface area contributed by atoms with Crippen LogP contribution in [0.25, 0.3) is 10.8 Å². The normalized spacial score (nSPS) is 14.5. The van der Waals surface area contributed by atoms with Crippen molar-refractivity contribution in [1.29, 1.82) is 0 Å². The van der Waals surface area contributed by atoms with Crippen LogP contribution in [0.1, 0.15) is 63.6 Å². The number of hydrogen-bond acceptors (Lipinski definition) is 5. The van der Waals surface area contributed by atoms with E-state index in [1.807, 2.05) is 73.7 Å². The predicted octanol–water partition coefficient (Wildman–Crippen LogP) is 4.98. The van der Waals surface area contributed by atoms with Crippen molar-refractivity contribution in [3.05, 3.63) is 77.9 Å². The third-order valence-electron chi connectivity index (χ3n) is 6.89. The van der Waals surface area contributed by atoms with Crippen molar-refractivity contribution in [3.63, 3.8) is 0 Å². The number of hydrogen-bond donors (Lipinski definition) is 3. The molecule has 41 heavy (non-hydrogen) atoms. The Morgan fingerprint density at radius 3 is 2.27 bits per heavy atom. The average Bonchev–Trinajstić information content (AvgIpc) is 3.74. The monoisotopic (exact) mass is 558 g/mol. The molecule has 3 aromatic rings. The molecular weight excluding hydrogens is 520 g/mol. The van der Waals surface area contributed by atoms with E-state index in [0.717, 1.165) is 16.3 Å². The van der Waals surface area contributed by atoms with E-state index >= 15 is 0 Å². The van der Waals surface area contributed by atoms with Gasteiger partial charge in [0.15, 0.2) is 0 Å². The molecule has 4 N–H and O–H groups in total. The molecule has 0 saturated heterocycles. The van der Waals surface area contributed by atoms with Crippen LogP contribution >= 0.6 is 0 Å². The fraction of sp³-hybridized carbons (Fsp3) is 0.375. The Labute approximate surface area is 240 Å². The quantitative estimate of drug-likeness (QED) is 0.323. The minimum absolute atomic E-state index is 0.0244. The average molecular weight is 559 g/mol. The van der Waals surface area contributed by atoms with Crippen LogP contribution in [0, 0.1) is 6.92 Å². The van der Waals surface area contributed by atoms with Crippen LogP contribution in [0.5, 0.6) is 0 Å². The van der Waals surface area contributed by atoms with Gasteiger partial charge in [-0.1, -0.05) is 54.6 Å². The van der Waals surface area contributed by atoms with E-state index in [2.05, 4.69) is 10.6 Å². The van der Waals surface area contributed by atoms with E-state index < -0.39 is 35.6 Å². The standard InChI is InChI=1S/C32H38N4O5/c1-20-9-5-8-12-25(20)28(29(38)34-23-14-13-21-10-6-7-11-22(21)19-23)36(24-15-16-24)30(39)26(17-18-27(33)37)35-31(40)41-32(2,3)4/h5-14,19,24,26,28H,15-18H2,1-4H3,(H2,33,37)(H,34,38)(H,35,40). The van der Waals surface area contributed by atoms with Gasteiger partial charge in [-0.05, 0) is 81.0 Å². The van der Waals surface area contributed by atoms with Gasteiger partial charge in [-0.2, -0.15) is 0 Å². The van der Waals surface area contributed by atoms with Gasteiger partial charge >= 0.3 is 6.09 Å². The molecular formula is C32H38N4O5. The van der Waals surface area contributed by atoms with Crippen LogP contribution in [-0.4, -0.2) is 46.4 Å². The van der Waals surface area contributed by atoms with Crippen LogP contribution in [0.2, 0.25) is 0 Å². The number of rotatable bonds is 10. The smallest absolute Gasteiger partial charge is 0.408 e. The number of aryl methyl sites for hydroxylation is 1. The van der Waals surface area contributed by atoms with Gasteiger partial charge < -0.3 is 26.0 Å². The summed E-state index contributed by atoms with van der Waals surface area (Å²) >= 11 is 0. The van der Waals surface area contributed by atoms with Gasteiger partial charge in [0.25, 0.3) is 5.91 Å². The highest BCUT2D eigenvalue weighted by Crippen LogP contribution is 2.37. The zero-order valence-corrected chi connectivity index (χ0v) is 24.0. The van der Waals surface area contributed by atoms with Gasteiger partial charge in [0.2, 0.25) is 11.8 Å². The largest absolute Gasteiger partial charge is 0.444 e. The van der Waals surface area contributed by atoms with Crippen molar-refractivity contribution < 1.29 is 23.9 Å². The second kappa shape index (κ2) is 12.4. The number of carbonyl (C=O) groups is 4. The summed E-state index contributed by atoms with van der Waals surface area (Å²) in [5.41, 5.74) is 6.73. The molecule has 0 aliphatic heterocycles. The lowest BCUT2D eigenvalue weighted by atomic mass is 9.97. The van der Waals surface area contributed by atoms with Gasteiger partial charge in [0.1, 0.15) is 17.7 Å². The topological polar surface area (TPSA) is 131 Å². The minimum Gasteiger partial charge on any atom is -0.444 e. The lowest BCUT2D eigenvalue weighted by Crippen LogP contribution is -2.53. The van der Waals surface area contributed by atoms with Gasteiger partial charge in [-0.15, -0.1) is 0 Å². The molecule has 1 fully saturated rings. The summed E-state index contributed by atoms with van der Waals surface area (Å²) in [4.78, 5) is 54.2. The van der Waals surface area contributed by atoms with Crippen molar-refractivity contribution in [2.24, 2.45) is 5.73 Å². The van der Waals surface area contributed by atoms with Crippen LogP contribution in [0.4, 0.5) is 10.5 Å². The highest BCUT2D eigenvalue weighted by Gasteiger charge is 2.44. The minimum atomic E-state index is -1.11. The van der Waals surface area contributed by atoms with E-state index in [1.54, 1.807) is 25.7 Å². The third kappa shape index (κ3) is 7.84. The summed E-state index contributed by atoms with van der Waals surface area (Å²) in [5, 5.41) is 7.67. The first-order chi connectivity index (χ1) is 19.4. The number of nitrogens with zero attached hydrogens (tertiary/aromatic N) is 1. The highest BCUT2D eigenvalue weighted by molar-refractivity contribution is 6.01. The number of benzene rings is 3. The Morgan fingerprint density at radius 1 is 0.976 bits per heavy atom. The zero-order valence-electron chi connectivity index (χ0n) is 24.0. The SMILES string of the molecule is Cc1ccccc1C(C(=O)Nc1ccc2ccccc2c1)N(C(=O)C(CCC(N)=O)NC(=O)OC(C)(C)C)C1CC1. The van der Waals surface area contributed by atoms with Gasteiger partial charge in [-0.25, -0.2) is 4.79 Å². The third-order valence-corrected chi connectivity index (χ3v) is 6.89. The maximum Gasteiger partial charge on any atom is 0.408 e. The molecule has 1 aliphatic rings. The Bertz CT molecular complexity index is 1440. The molecule has 216 valence electrons. The summed E-state index contributed by atoms with van der Waals surface area (Å²) in [6, 6.07) is 18.7. The number of carbonyl (C=O) groups excluding carboxylic acids is 4. The summed E-state index contributed by atoms with van der Waals surface area (Å²) in [5.74, 6) is -1.45. The molecule has 1 saturated carbocycles. The maximum atomic E-state index is 14.2. The van der Waals surface area contributed by atoms with Crippen molar-refractivity contribution in [2.45, 2.75) is 77.1 Å². The van der Waals surface area contributed by atoms with Crippen LogP contribution < -0.4 is 16.4 Å². The molecule has 0 radical (unpaired) electrons. The van der Waals surface area contributed by atoms with E-state index in [9.17, 15) is 19.2 Å². The Hall–Kier alpha value is -4.40. The highest BCUT2D eigenvalue weighted by atomic mass is 16.6. The lowest BCUT2D eigenvalue weighted by Gasteiger charge is -2.35. The molecule has 0 aromatic heterocycles. The number of alkyl carbamates (subject to hydrolysis) is 1. The first kappa shape index (κ1) is 29.6. The lowest BCUT2D eigenvalue weighted by molar-refractivity contribution is -0.141. The number of nitrogens with one attached hydrogen (secondary N) is 2. The second-order valence-corrected chi connectivity index (χ2v) is 11.5. The molecule has 4 rings (SSSR count). The zero-order chi connectivity index (χ0) is 29.7. The van der Waals surface area contributed by atoms with E-state index in [1.165, 1.54) is 0 Å². The second-order valence-electron chi connectivity index (χ2n) is 11.5. The molecule has 0 heterocycles.